The molecule has 0 aliphatic carbocycles. The average molecular weight is 252 g/mol. The van der Waals surface area contributed by atoms with Crippen LogP contribution >= 0.6 is 0 Å². The number of rotatable bonds is 2. The molecule has 0 unspecified atom stereocenters. The minimum atomic E-state index is -0.231. The van der Waals surface area contributed by atoms with Gasteiger partial charge in [0.05, 0.1) is 11.9 Å². The maximum atomic E-state index is 13.7. The lowest BCUT2D eigenvalue weighted by Gasteiger charge is -2.01. The second kappa shape index (κ2) is 4.69. The van der Waals surface area contributed by atoms with Gasteiger partial charge in [0.2, 0.25) is 0 Å². The van der Waals surface area contributed by atoms with Crippen molar-refractivity contribution < 1.29 is 4.39 Å². The molecule has 3 aromatic rings. The first kappa shape index (κ1) is 11.7. The molecule has 3 heteroatoms. The highest BCUT2D eigenvalue weighted by Gasteiger charge is 2.07. The molecule has 0 amide bonds. The summed E-state index contributed by atoms with van der Waals surface area (Å²) in [5.41, 5.74) is 3.51. The summed E-state index contributed by atoms with van der Waals surface area (Å²) in [6.07, 6.45) is 3.52. The Morgan fingerprint density at radius 3 is 2.47 bits per heavy atom. The zero-order chi connectivity index (χ0) is 13.2. The first-order valence-electron chi connectivity index (χ1n) is 6.11. The fourth-order valence-corrected chi connectivity index (χ4v) is 2.00. The predicted molar refractivity (Wildman–Crippen MR) is 73.7 cm³/mol. The molecule has 0 aliphatic heterocycles. The average Bonchev–Trinajstić information content (AvgIpc) is 2.89. The van der Waals surface area contributed by atoms with E-state index in [1.54, 1.807) is 23.0 Å². The van der Waals surface area contributed by atoms with E-state index >= 15 is 0 Å². The largest absolute Gasteiger partial charge is 0.240 e. The lowest BCUT2D eigenvalue weighted by atomic mass is 10.1. The van der Waals surface area contributed by atoms with E-state index in [9.17, 15) is 4.39 Å². The molecule has 0 N–H and O–H groups in total. The number of hydrogen-bond acceptors (Lipinski definition) is 1. The van der Waals surface area contributed by atoms with E-state index < -0.39 is 0 Å². The number of benzene rings is 2. The van der Waals surface area contributed by atoms with Crippen molar-refractivity contribution in [1.82, 2.24) is 9.78 Å². The van der Waals surface area contributed by atoms with Crippen molar-refractivity contribution in [2.75, 3.05) is 0 Å². The van der Waals surface area contributed by atoms with E-state index in [0.717, 1.165) is 11.3 Å². The second-order valence-electron chi connectivity index (χ2n) is 4.49. The van der Waals surface area contributed by atoms with Crippen LogP contribution in [-0.2, 0) is 0 Å². The van der Waals surface area contributed by atoms with Gasteiger partial charge in [0.1, 0.15) is 5.82 Å². The summed E-state index contributed by atoms with van der Waals surface area (Å²) in [6, 6.07) is 14.8. The Morgan fingerprint density at radius 1 is 1.00 bits per heavy atom. The monoisotopic (exact) mass is 252 g/mol. The molecule has 0 saturated carbocycles. The summed E-state index contributed by atoms with van der Waals surface area (Å²) in [6.45, 7) is 2.04. The Hall–Kier alpha value is -2.42. The van der Waals surface area contributed by atoms with E-state index in [1.807, 2.05) is 43.5 Å². The van der Waals surface area contributed by atoms with E-state index in [-0.39, 0.29) is 5.82 Å². The first-order chi connectivity index (χ1) is 9.24. The van der Waals surface area contributed by atoms with Crippen molar-refractivity contribution >= 4 is 0 Å². The SMILES string of the molecule is Cc1ccc(-n2cc(-c3ccccc3F)cn2)cc1. The van der Waals surface area contributed by atoms with Crippen LogP contribution in [0.1, 0.15) is 5.56 Å². The summed E-state index contributed by atoms with van der Waals surface area (Å²) >= 11 is 0. The molecule has 0 bridgehead atoms. The van der Waals surface area contributed by atoms with Gasteiger partial charge in [-0.05, 0) is 25.1 Å². The number of hydrogen-bond donors (Lipinski definition) is 0. The predicted octanol–water partition coefficient (Wildman–Crippen LogP) is 3.99. The molecule has 19 heavy (non-hydrogen) atoms. The normalized spacial score (nSPS) is 10.6. The van der Waals surface area contributed by atoms with Crippen LogP contribution in [0.3, 0.4) is 0 Å². The Balaban J connectivity index is 2.00. The lowest BCUT2D eigenvalue weighted by Crippen LogP contribution is -1.93. The van der Waals surface area contributed by atoms with Crippen molar-refractivity contribution in [3.63, 3.8) is 0 Å². The van der Waals surface area contributed by atoms with Crippen molar-refractivity contribution in [3.8, 4) is 16.8 Å². The van der Waals surface area contributed by atoms with Crippen LogP contribution in [0.5, 0.6) is 0 Å². The zero-order valence-corrected chi connectivity index (χ0v) is 10.5. The topological polar surface area (TPSA) is 17.8 Å². The van der Waals surface area contributed by atoms with E-state index in [1.165, 1.54) is 11.6 Å². The third kappa shape index (κ3) is 2.27. The highest BCUT2D eigenvalue weighted by molar-refractivity contribution is 5.62. The number of nitrogens with zero attached hydrogens (tertiary/aromatic N) is 2. The Labute approximate surface area is 111 Å². The number of aryl methyl sites for hydroxylation is 1. The molecule has 0 radical (unpaired) electrons. The third-order valence-corrected chi connectivity index (χ3v) is 3.07. The van der Waals surface area contributed by atoms with Gasteiger partial charge in [0, 0.05) is 17.3 Å². The highest BCUT2D eigenvalue weighted by atomic mass is 19.1. The lowest BCUT2D eigenvalue weighted by molar-refractivity contribution is 0.631. The molecule has 2 nitrogen and oxygen atoms in total. The molecule has 0 aliphatic rings. The van der Waals surface area contributed by atoms with E-state index in [2.05, 4.69) is 5.10 Å². The second-order valence-corrected chi connectivity index (χ2v) is 4.49. The summed E-state index contributed by atoms with van der Waals surface area (Å²) in [4.78, 5) is 0. The standard InChI is InChI=1S/C16H13FN2/c1-12-6-8-14(9-7-12)19-11-13(10-18-19)15-4-2-3-5-16(15)17/h2-11H,1H3. The van der Waals surface area contributed by atoms with Crippen LogP contribution in [0, 0.1) is 12.7 Å². The zero-order valence-electron chi connectivity index (χ0n) is 10.5. The van der Waals surface area contributed by atoms with Crippen molar-refractivity contribution in [1.29, 1.82) is 0 Å². The minimum Gasteiger partial charge on any atom is -0.240 e. The van der Waals surface area contributed by atoms with Gasteiger partial charge in [-0.1, -0.05) is 35.9 Å². The van der Waals surface area contributed by atoms with Crippen LogP contribution in [0.15, 0.2) is 60.9 Å². The quantitative estimate of drug-likeness (QED) is 0.674. The maximum absolute atomic E-state index is 13.7. The van der Waals surface area contributed by atoms with Crippen LogP contribution in [0.4, 0.5) is 4.39 Å². The molecule has 1 aromatic heterocycles. The summed E-state index contributed by atoms with van der Waals surface area (Å²) in [7, 11) is 0. The van der Waals surface area contributed by atoms with Gasteiger partial charge in [0.25, 0.3) is 0 Å². The molecule has 0 saturated heterocycles. The molecular formula is C16H13FN2. The van der Waals surface area contributed by atoms with Crippen LogP contribution in [-0.4, -0.2) is 9.78 Å². The molecule has 0 atom stereocenters. The van der Waals surface area contributed by atoms with Gasteiger partial charge in [-0.2, -0.15) is 5.10 Å². The van der Waals surface area contributed by atoms with Gasteiger partial charge >= 0.3 is 0 Å². The molecular weight excluding hydrogens is 239 g/mol. The summed E-state index contributed by atoms with van der Waals surface area (Å²) < 4.78 is 15.5. The Bertz CT molecular complexity index is 699. The van der Waals surface area contributed by atoms with Gasteiger partial charge in [-0.3, -0.25) is 0 Å². The molecule has 0 spiro atoms. The molecule has 0 fully saturated rings. The van der Waals surface area contributed by atoms with Crippen molar-refractivity contribution in [3.05, 3.63) is 72.3 Å². The fourth-order valence-electron chi connectivity index (χ4n) is 2.00. The summed E-state index contributed by atoms with van der Waals surface area (Å²) in [5, 5.41) is 4.28. The fraction of sp³-hybridized carbons (Fsp3) is 0.0625. The summed E-state index contributed by atoms with van der Waals surface area (Å²) in [5.74, 6) is -0.231. The molecule has 2 aromatic carbocycles. The van der Waals surface area contributed by atoms with Gasteiger partial charge in [-0.25, -0.2) is 9.07 Å². The van der Waals surface area contributed by atoms with E-state index in [4.69, 9.17) is 0 Å². The van der Waals surface area contributed by atoms with E-state index in [0.29, 0.717) is 5.56 Å². The number of halogens is 1. The Kier molecular flexibility index (Phi) is 2.88. The number of aromatic nitrogens is 2. The van der Waals surface area contributed by atoms with Crippen LogP contribution in [0.25, 0.3) is 16.8 Å². The molecule has 94 valence electrons. The van der Waals surface area contributed by atoms with Gasteiger partial charge in [-0.15, -0.1) is 0 Å². The van der Waals surface area contributed by atoms with Crippen molar-refractivity contribution in [2.24, 2.45) is 0 Å². The van der Waals surface area contributed by atoms with Crippen LogP contribution in [0.2, 0.25) is 0 Å². The minimum absolute atomic E-state index is 0.231. The third-order valence-electron chi connectivity index (χ3n) is 3.07. The van der Waals surface area contributed by atoms with Crippen molar-refractivity contribution in [2.45, 2.75) is 6.92 Å². The molecule has 3 rings (SSSR count). The van der Waals surface area contributed by atoms with Gasteiger partial charge in [0.15, 0.2) is 0 Å². The molecule has 1 heterocycles. The highest BCUT2D eigenvalue weighted by Crippen LogP contribution is 2.22. The van der Waals surface area contributed by atoms with Crippen LogP contribution < -0.4 is 0 Å². The smallest absolute Gasteiger partial charge is 0.131 e. The maximum Gasteiger partial charge on any atom is 0.131 e. The first-order valence-corrected chi connectivity index (χ1v) is 6.11. The Morgan fingerprint density at radius 2 is 1.74 bits per heavy atom. The van der Waals surface area contributed by atoms with Gasteiger partial charge < -0.3 is 0 Å².